The second kappa shape index (κ2) is 4.28. The van der Waals surface area contributed by atoms with Crippen molar-refractivity contribution in [1.29, 1.82) is 0 Å². The van der Waals surface area contributed by atoms with Crippen LogP contribution in [0, 0.1) is 0 Å². The van der Waals surface area contributed by atoms with Crippen LogP contribution in [-0.4, -0.2) is 14.4 Å². The molecule has 0 atom stereocenters. The average Bonchev–Trinajstić information content (AvgIpc) is 2.28. The molecule has 2 rings (SSSR count). The monoisotopic (exact) mass is 231 g/mol. The number of fused-ring (bicyclic) bond motifs is 1. The molecule has 0 aromatic carbocycles. The summed E-state index contributed by atoms with van der Waals surface area (Å²) in [5, 5.41) is 0. The SMILES string of the molecule is CC(C)c1nc2cnccn2c(=O)c1C(C)C. The molecule has 2 aromatic heterocycles. The molecule has 0 unspecified atom stereocenters. The van der Waals surface area contributed by atoms with Crippen molar-refractivity contribution in [3.05, 3.63) is 40.2 Å². The predicted molar refractivity (Wildman–Crippen MR) is 67.4 cm³/mol. The maximum Gasteiger partial charge on any atom is 0.261 e. The van der Waals surface area contributed by atoms with Crippen molar-refractivity contribution in [1.82, 2.24) is 14.4 Å². The van der Waals surface area contributed by atoms with Gasteiger partial charge in [-0.05, 0) is 11.8 Å². The zero-order valence-corrected chi connectivity index (χ0v) is 10.6. The standard InChI is InChI=1S/C13H17N3O/c1-8(2)11-12(9(3)4)15-10-7-14-5-6-16(10)13(11)17/h5-9H,1-4H3. The molecular weight excluding hydrogens is 214 g/mol. The van der Waals surface area contributed by atoms with E-state index in [0.717, 1.165) is 11.3 Å². The molecule has 0 amide bonds. The lowest BCUT2D eigenvalue weighted by atomic mass is 9.96. The van der Waals surface area contributed by atoms with E-state index >= 15 is 0 Å². The molecule has 0 saturated carbocycles. The van der Waals surface area contributed by atoms with Gasteiger partial charge in [0.05, 0.1) is 11.9 Å². The van der Waals surface area contributed by atoms with Gasteiger partial charge in [-0.1, -0.05) is 27.7 Å². The lowest BCUT2D eigenvalue weighted by molar-refractivity contribution is 0.734. The Hall–Kier alpha value is -1.71. The molecule has 17 heavy (non-hydrogen) atoms. The highest BCUT2D eigenvalue weighted by molar-refractivity contribution is 5.39. The summed E-state index contributed by atoms with van der Waals surface area (Å²) in [5.41, 5.74) is 2.34. The third-order valence-electron chi connectivity index (χ3n) is 2.82. The number of hydrogen-bond donors (Lipinski definition) is 0. The molecule has 4 nitrogen and oxygen atoms in total. The Labute approximate surface area is 100 Å². The van der Waals surface area contributed by atoms with E-state index in [2.05, 4.69) is 23.8 Å². The van der Waals surface area contributed by atoms with Crippen LogP contribution in [0.1, 0.15) is 50.8 Å². The van der Waals surface area contributed by atoms with Gasteiger partial charge in [-0.25, -0.2) is 4.98 Å². The molecule has 0 fully saturated rings. The van der Waals surface area contributed by atoms with Crippen LogP contribution in [0.2, 0.25) is 0 Å². The van der Waals surface area contributed by atoms with Crippen molar-refractivity contribution in [2.24, 2.45) is 0 Å². The van der Waals surface area contributed by atoms with Gasteiger partial charge in [0, 0.05) is 18.0 Å². The first-order chi connectivity index (χ1) is 8.02. The van der Waals surface area contributed by atoms with Gasteiger partial charge in [-0.3, -0.25) is 14.2 Å². The molecule has 2 heterocycles. The topological polar surface area (TPSA) is 47.3 Å². The van der Waals surface area contributed by atoms with E-state index in [1.54, 1.807) is 23.0 Å². The lowest BCUT2D eigenvalue weighted by Gasteiger charge is -2.15. The molecule has 90 valence electrons. The Morgan fingerprint density at radius 2 is 1.88 bits per heavy atom. The summed E-state index contributed by atoms with van der Waals surface area (Å²) in [6, 6.07) is 0. The van der Waals surface area contributed by atoms with Crippen LogP contribution in [0.15, 0.2) is 23.4 Å². The third kappa shape index (κ3) is 1.95. The second-order valence-electron chi connectivity index (χ2n) is 4.83. The number of nitrogens with zero attached hydrogens (tertiary/aromatic N) is 3. The smallest absolute Gasteiger partial charge is 0.261 e. The van der Waals surface area contributed by atoms with E-state index in [1.807, 2.05) is 13.8 Å². The van der Waals surface area contributed by atoms with E-state index in [1.165, 1.54) is 0 Å². The van der Waals surface area contributed by atoms with E-state index in [-0.39, 0.29) is 17.4 Å². The number of rotatable bonds is 2. The van der Waals surface area contributed by atoms with Gasteiger partial charge in [0.1, 0.15) is 0 Å². The molecule has 0 radical (unpaired) electrons. The Morgan fingerprint density at radius 3 is 2.47 bits per heavy atom. The molecule has 0 bridgehead atoms. The Kier molecular flexibility index (Phi) is 2.96. The van der Waals surface area contributed by atoms with Crippen molar-refractivity contribution in [2.75, 3.05) is 0 Å². The van der Waals surface area contributed by atoms with Crippen LogP contribution in [0.4, 0.5) is 0 Å². The van der Waals surface area contributed by atoms with Gasteiger partial charge in [0.25, 0.3) is 5.56 Å². The summed E-state index contributed by atoms with van der Waals surface area (Å²) in [7, 11) is 0. The fraction of sp³-hybridized carbons (Fsp3) is 0.462. The summed E-state index contributed by atoms with van der Waals surface area (Å²) in [4.78, 5) is 21.0. The largest absolute Gasteiger partial charge is 0.269 e. The maximum atomic E-state index is 12.4. The molecule has 2 aromatic rings. The van der Waals surface area contributed by atoms with Crippen LogP contribution < -0.4 is 5.56 Å². The fourth-order valence-corrected chi connectivity index (χ4v) is 2.01. The quantitative estimate of drug-likeness (QED) is 0.797. The highest BCUT2D eigenvalue weighted by atomic mass is 16.1. The molecule has 0 spiro atoms. The molecule has 0 aliphatic heterocycles. The normalized spacial score (nSPS) is 11.6. The van der Waals surface area contributed by atoms with Crippen molar-refractivity contribution >= 4 is 5.65 Å². The van der Waals surface area contributed by atoms with Gasteiger partial charge in [0.15, 0.2) is 5.65 Å². The average molecular weight is 231 g/mol. The summed E-state index contributed by atoms with van der Waals surface area (Å²) in [6.45, 7) is 8.16. The highest BCUT2D eigenvalue weighted by Gasteiger charge is 2.17. The van der Waals surface area contributed by atoms with E-state index in [4.69, 9.17) is 0 Å². The Bertz CT molecular complexity index is 599. The van der Waals surface area contributed by atoms with Gasteiger partial charge in [0.2, 0.25) is 0 Å². The van der Waals surface area contributed by atoms with Crippen molar-refractivity contribution in [3.8, 4) is 0 Å². The third-order valence-corrected chi connectivity index (χ3v) is 2.82. The van der Waals surface area contributed by atoms with Gasteiger partial charge < -0.3 is 0 Å². The van der Waals surface area contributed by atoms with Crippen LogP contribution in [0.5, 0.6) is 0 Å². The molecular formula is C13H17N3O. The van der Waals surface area contributed by atoms with Crippen LogP contribution in [-0.2, 0) is 0 Å². The summed E-state index contributed by atoms with van der Waals surface area (Å²) in [6.07, 6.45) is 4.90. The van der Waals surface area contributed by atoms with E-state index in [9.17, 15) is 4.79 Å². The minimum Gasteiger partial charge on any atom is -0.269 e. The van der Waals surface area contributed by atoms with Crippen molar-refractivity contribution in [2.45, 2.75) is 39.5 Å². The summed E-state index contributed by atoms with van der Waals surface area (Å²) >= 11 is 0. The van der Waals surface area contributed by atoms with Crippen LogP contribution >= 0.6 is 0 Å². The first-order valence-electron chi connectivity index (χ1n) is 5.88. The predicted octanol–water partition coefficient (Wildman–Crippen LogP) is 2.34. The molecule has 0 saturated heterocycles. The van der Waals surface area contributed by atoms with Crippen molar-refractivity contribution in [3.63, 3.8) is 0 Å². The summed E-state index contributed by atoms with van der Waals surface area (Å²) in [5.74, 6) is 0.419. The van der Waals surface area contributed by atoms with Crippen LogP contribution in [0.25, 0.3) is 5.65 Å². The Balaban J connectivity index is 2.89. The zero-order valence-electron chi connectivity index (χ0n) is 10.6. The maximum absolute atomic E-state index is 12.4. The van der Waals surface area contributed by atoms with Gasteiger partial charge in [-0.15, -0.1) is 0 Å². The number of aromatic nitrogens is 3. The summed E-state index contributed by atoms with van der Waals surface area (Å²) < 4.78 is 1.56. The fourth-order valence-electron chi connectivity index (χ4n) is 2.01. The Morgan fingerprint density at radius 1 is 1.18 bits per heavy atom. The minimum absolute atomic E-state index is 0.0242. The van der Waals surface area contributed by atoms with Crippen molar-refractivity contribution < 1.29 is 0 Å². The minimum atomic E-state index is 0.0242. The van der Waals surface area contributed by atoms with Gasteiger partial charge in [-0.2, -0.15) is 0 Å². The first-order valence-corrected chi connectivity index (χ1v) is 5.88. The van der Waals surface area contributed by atoms with Gasteiger partial charge >= 0.3 is 0 Å². The molecule has 4 heteroatoms. The molecule has 0 aliphatic rings. The van der Waals surface area contributed by atoms with E-state index in [0.29, 0.717) is 5.65 Å². The highest BCUT2D eigenvalue weighted by Crippen LogP contribution is 2.21. The molecule has 0 aliphatic carbocycles. The number of hydrogen-bond acceptors (Lipinski definition) is 3. The lowest BCUT2D eigenvalue weighted by Crippen LogP contribution is -2.24. The zero-order chi connectivity index (χ0) is 12.6. The first kappa shape index (κ1) is 11.8. The second-order valence-corrected chi connectivity index (χ2v) is 4.83. The van der Waals surface area contributed by atoms with E-state index < -0.39 is 0 Å². The molecule has 0 N–H and O–H groups in total. The van der Waals surface area contributed by atoms with Crippen LogP contribution in [0.3, 0.4) is 0 Å².